The fraction of sp³-hybridized carbons (Fsp3) is 0. The van der Waals surface area contributed by atoms with Crippen LogP contribution in [-0.2, 0) is 0 Å². The Morgan fingerprint density at radius 2 is 1.83 bits per heavy atom. The number of aromatic nitrogens is 4. The average molecular weight is 241 g/mol. The molecule has 0 amide bonds. The number of pyridine rings is 1. The van der Waals surface area contributed by atoms with Gasteiger partial charge in [0.1, 0.15) is 11.4 Å². The summed E-state index contributed by atoms with van der Waals surface area (Å²) in [6.45, 7) is 0. The topological polar surface area (TPSA) is 92.6 Å². The number of nitrogens with two attached hydrogens (primary N) is 1. The summed E-state index contributed by atoms with van der Waals surface area (Å²) >= 11 is 0. The highest BCUT2D eigenvalue weighted by Gasteiger charge is 2.05. The van der Waals surface area contributed by atoms with Crippen LogP contribution in [0.25, 0.3) is 11.5 Å². The van der Waals surface area contributed by atoms with Crippen molar-refractivity contribution in [1.82, 2.24) is 20.4 Å². The number of ether oxygens (including phenoxy) is 1. The lowest BCUT2D eigenvalue weighted by atomic mass is 10.3. The molecule has 2 aromatic heterocycles. The molecule has 0 saturated carbocycles. The van der Waals surface area contributed by atoms with Crippen LogP contribution in [0, 0.1) is 0 Å². The Labute approximate surface area is 103 Å². The quantitative estimate of drug-likeness (QED) is 0.613. The Hall–Kier alpha value is -2.76. The van der Waals surface area contributed by atoms with Crippen LogP contribution in [0.4, 0.5) is 5.69 Å². The Bertz CT molecular complexity index is 631. The molecule has 3 aromatic rings. The van der Waals surface area contributed by atoms with Gasteiger partial charge < -0.3 is 10.5 Å². The molecule has 2 heterocycles. The van der Waals surface area contributed by atoms with Crippen molar-refractivity contribution in [1.29, 1.82) is 0 Å². The maximum absolute atomic E-state index is 5.62. The summed E-state index contributed by atoms with van der Waals surface area (Å²) < 4.78 is 5.62. The minimum Gasteiger partial charge on any atom is -0.439 e. The fourth-order valence-corrected chi connectivity index (χ4v) is 1.49. The zero-order valence-electron chi connectivity index (χ0n) is 9.42. The molecule has 0 spiro atoms. The number of nitrogen functional groups attached to an aromatic ring is 1. The van der Waals surface area contributed by atoms with Crippen LogP contribution in [0.3, 0.4) is 0 Å². The van der Waals surface area contributed by atoms with Crippen LogP contribution >= 0.6 is 0 Å². The molecule has 0 bridgehead atoms. The van der Waals surface area contributed by atoms with Crippen molar-refractivity contribution in [2.75, 3.05) is 5.73 Å². The van der Waals surface area contributed by atoms with E-state index in [4.69, 9.17) is 10.5 Å². The van der Waals surface area contributed by atoms with Gasteiger partial charge in [-0.1, -0.05) is 6.07 Å². The van der Waals surface area contributed by atoms with Gasteiger partial charge in [0.15, 0.2) is 5.82 Å². The number of rotatable bonds is 3. The number of nitrogens with one attached hydrogen (secondary N) is 2. The lowest BCUT2D eigenvalue weighted by Crippen LogP contribution is -2.01. The molecular weight excluding hydrogens is 230 g/mol. The maximum Gasteiger partial charge on any atom is 0.219 e. The molecule has 0 aliphatic heterocycles. The second kappa shape index (κ2) is 4.25. The lowest BCUT2D eigenvalue weighted by Gasteiger charge is -2.07. The SMILES string of the molecule is Nc1ccc(Oc2cccc(-c3n[nH][nH]3)n2)cc1. The maximum atomic E-state index is 5.62. The van der Waals surface area contributed by atoms with Crippen LogP contribution in [0.5, 0.6) is 11.6 Å². The minimum absolute atomic E-state index is 0.508. The normalized spacial score (nSPS) is 10.4. The van der Waals surface area contributed by atoms with E-state index in [1.54, 1.807) is 30.3 Å². The third kappa shape index (κ3) is 2.03. The van der Waals surface area contributed by atoms with Gasteiger partial charge in [0, 0.05) is 11.8 Å². The zero-order valence-corrected chi connectivity index (χ0v) is 9.42. The second-order valence-corrected chi connectivity index (χ2v) is 3.73. The molecule has 0 aliphatic rings. The molecule has 0 saturated heterocycles. The number of aromatic amines is 2. The fourth-order valence-electron chi connectivity index (χ4n) is 1.49. The zero-order chi connectivity index (χ0) is 12.4. The van der Waals surface area contributed by atoms with Crippen LogP contribution in [0.15, 0.2) is 42.5 Å². The molecule has 0 unspecified atom stereocenters. The van der Waals surface area contributed by atoms with Crippen molar-refractivity contribution < 1.29 is 4.74 Å². The molecule has 90 valence electrons. The summed E-state index contributed by atoms with van der Waals surface area (Å²) in [4.78, 5) is 4.33. The number of H-pyrrole nitrogens is 2. The van der Waals surface area contributed by atoms with Gasteiger partial charge in [0.25, 0.3) is 0 Å². The number of hydrogen-bond acceptors (Lipinski definition) is 4. The van der Waals surface area contributed by atoms with Crippen LogP contribution < -0.4 is 10.5 Å². The Morgan fingerprint density at radius 1 is 1.06 bits per heavy atom. The molecule has 4 N–H and O–H groups in total. The van der Waals surface area contributed by atoms with Gasteiger partial charge in [-0.05, 0) is 30.3 Å². The monoisotopic (exact) mass is 241 g/mol. The summed E-state index contributed by atoms with van der Waals surface area (Å²) in [7, 11) is 0. The van der Waals surface area contributed by atoms with Gasteiger partial charge in [0.05, 0.1) is 0 Å². The number of nitrogens with zero attached hydrogens (tertiary/aromatic N) is 2. The Kier molecular flexibility index (Phi) is 2.45. The van der Waals surface area contributed by atoms with E-state index in [0.717, 1.165) is 5.69 Å². The van der Waals surface area contributed by atoms with E-state index in [9.17, 15) is 0 Å². The van der Waals surface area contributed by atoms with Gasteiger partial charge in [-0.3, -0.25) is 5.10 Å². The van der Waals surface area contributed by atoms with E-state index in [2.05, 4.69) is 20.4 Å². The number of hydrogen-bond donors (Lipinski definition) is 3. The van der Waals surface area contributed by atoms with Crippen molar-refractivity contribution in [3.05, 3.63) is 42.5 Å². The molecule has 6 nitrogen and oxygen atoms in total. The first-order chi connectivity index (χ1) is 8.81. The van der Waals surface area contributed by atoms with Crippen LogP contribution in [0.2, 0.25) is 0 Å². The highest BCUT2D eigenvalue weighted by Crippen LogP contribution is 2.22. The second-order valence-electron chi connectivity index (χ2n) is 3.73. The van der Waals surface area contributed by atoms with E-state index >= 15 is 0 Å². The van der Waals surface area contributed by atoms with Crippen LogP contribution in [0.1, 0.15) is 0 Å². The van der Waals surface area contributed by atoms with E-state index < -0.39 is 0 Å². The van der Waals surface area contributed by atoms with Crippen molar-refractivity contribution in [3.8, 4) is 23.1 Å². The third-order valence-corrected chi connectivity index (χ3v) is 2.41. The minimum atomic E-state index is 0.508. The van der Waals surface area contributed by atoms with Crippen molar-refractivity contribution in [3.63, 3.8) is 0 Å². The first-order valence-electron chi connectivity index (χ1n) is 5.41. The van der Waals surface area contributed by atoms with Crippen LogP contribution in [-0.4, -0.2) is 20.4 Å². The van der Waals surface area contributed by atoms with Gasteiger partial charge in [-0.15, -0.1) is 5.10 Å². The lowest BCUT2D eigenvalue weighted by molar-refractivity contribution is 0.463. The molecule has 0 aliphatic carbocycles. The highest BCUT2D eigenvalue weighted by molar-refractivity contribution is 5.49. The largest absolute Gasteiger partial charge is 0.439 e. The molecule has 18 heavy (non-hydrogen) atoms. The highest BCUT2D eigenvalue weighted by atomic mass is 16.5. The summed E-state index contributed by atoms with van der Waals surface area (Å²) in [5, 5.41) is 9.32. The van der Waals surface area contributed by atoms with E-state index in [-0.39, 0.29) is 0 Å². The third-order valence-electron chi connectivity index (χ3n) is 2.41. The standard InChI is InChI=1S/C12H11N5O/c13-8-4-6-9(7-5-8)18-11-3-1-2-10(14-11)12-15-17-16-12/h1-7,17H,13H2,(H,15,16). The van der Waals surface area contributed by atoms with E-state index in [1.165, 1.54) is 0 Å². The first kappa shape index (κ1) is 10.4. The Balaban J connectivity index is 1.83. The number of anilines is 1. The van der Waals surface area contributed by atoms with Gasteiger partial charge in [-0.25, -0.2) is 10.2 Å². The van der Waals surface area contributed by atoms with E-state index in [1.807, 2.05) is 12.1 Å². The predicted octanol–water partition coefficient (Wildman–Crippen LogP) is 2.17. The van der Waals surface area contributed by atoms with E-state index in [0.29, 0.717) is 23.1 Å². The van der Waals surface area contributed by atoms with Crippen molar-refractivity contribution >= 4 is 5.69 Å². The number of benzene rings is 1. The summed E-state index contributed by atoms with van der Waals surface area (Å²) in [6.07, 6.45) is 0. The molecule has 0 fully saturated rings. The average Bonchev–Trinajstić information content (AvgIpc) is 2.31. The molecule has 6 heteroatoms. The van der Waals surface area contributed by atoms with Crippen molar-refractivity contribution in [2.45, 2.75) is 0 Å². The molecule has 3 rings (SSSR count). The molecular formula is C12H11N5O. The van der Waals surface area contributed by atoms with Gasteiger partial charge in [0.2, 0.25) is 5.88 Å². The molecule has 1 aromatic carbocycles. The molecule has 0 radical (unpaired) electrons. The Morgan fingerprint density at radius 3 is 2.50 bits per heavy atom. The predicted molar refractivity (Wildman–Crippen MR) is 67.1 cm³/mol. The summed E-state index contributed by atoms with van der Waals surface area (Å²) in [5.41, 5.74) is 7.03. The molecule has 0 atom stereocenters. The van der Waals surface area contributed by atoms with Gasteiger partial charge in [-0.2, -0.15) is 0 Å². The summed E-state index contributed by atoms with van der Waals surface area (Å²) in [6, 6.07) is 12.6. The summed E-state index contributed by atoms with van der Waals surface area (Å²) in [5.74, 6) is 1.89. The van der Waals surface area contributed by atoms with Crippen molar-refractivity contribution in [2.24, 2.45) is 0 Å². The smallest absolute Gasteiger partial charge is 0.219 e. The van der Waals surface area contributed by atoms with Gasteiger partial charge >= 0.3 is 0 Å². The first-order valence-corrected chi connectivity index (χ1v) is 5.41.